The van der Waals surface area contributed by atoms with Crippen LogP contribution in [0.15, 0.2) is 36.4 Å². The highest BCUT2D eigenvalue weighted by Gasteiger charge is 2.20. The monoisotopic (exact) mass is 328 g/mol. The summed E-state index contributed by atoms with van der Waals surface area (Å²) in [7, 11) is 1.49. The summed E-state index contributed by atoms with van der Waals surface area (Å²) in [5.74, 6) is 5.65. The standard InChI is InChI=1S/C15H15Cl2FN2O/c1-21-14-4-2-3-12(18)15(14)13(20-19)8-9-5-6-10(16)11(17)7-9/h2-7,13,20H,8,19H2,1H3. The van der Waals surface area contributed by atoms with E-state index in [0.717, 1.165) is 5.56 Å². The summed E-state index contributed by atoms with van der Waals surface area (Å²) in [5.41, 5.74) is 3.89. The molecule has 1 atom stereocenters. The van der Waals surface area contributed by atoms with E-state index >= 15 is 0 Å². The fraction of sp³-hybridized carbons (Fsp3) is 0.200. The maximum absolute atomic E-state index is 14.1. The van der Waals surface area contributed by atoms with Crippen LogP contribution in [0.4, 0.5) is 4.39 Å². The van der Waals surface area contributed by atoms with Crippen molar-refractivity contribution in [2.45, 2.75) is 12.5 Å². The van der Waals surface area contributed by atoms with Gasteiger partial charge in [-0.15, -0.1) is 0 Å². The SMILES string of the molecule is COc1cccc(F)c1C(Cc1ccc(Cl)c(Cl)c1)NN. The van der Waals surface area contributed by atoms with E-state index in [1.54, 1.807) is 24.3 Å². The Bertz CT molecular complexity index is 637. The molecule has 0 aliphatic heterocycles. The molecule has 0 bridgehead atoms. The largest absolute Gasteiger partial charge is 0.496 e. The number of rotatable bonds is 5. The summed E-state index contributed by atoms with van der Waals surface area (Å²) >= 11 is 11.9. The third kappa shape index (κ3) is 3.66. The van der Waals surface area contributed by atoms with E-state index in [-0.39, 0.29) is 5.82 Å². The number of nitrogens with one attached hydrogen (secondary N) is 1. The molecule has 2 aromatic rings. The van der Waals surface area contributed by atoms with E-state index < -0.39 is 6.04 Å². The van der Waals surface area contributed by atoms with E-state index in [9.17, 15) is 4.39 Å². The zero-order valence-corrected chi connectivity index (χ0v) is 12.9. The van der Waals surface area contributed by atoms with Crippen molar-refractivity contribution in [1.29, 1.82) is 0 Å². The highest BCUT2D eigenvalue weighted by molar-refractivity contribution is 6.42. The van der Waals surface area contributed by atoms with Gasteiger partial charge in [0.25, 0.3) is 0 Å². The van der Waals surface area contributed by atoms with Crippen molar-refractivity contribution < 1.29 is 9.13 Å². The van der Waals surface area contributed by atoms with E-state index in [2.05, 4.69) is 5.43 Å². The second-order valence-electron chi connectivity index (χ2n) is 4.53. The third-order valence-electron chi connectivity index (χ3n) is 3.21. The van der Waals surface area contributed by atoms with Crippen molar-refractivity contribution in [3.8, 4) is 5.75 Å². The first-order valence-electron chi connectivity index (χ1n) is 6.29. The molecule has 3 N–H and O–H groups in total. The predicted molar refractivity (Wildman–Crippen MR) is 83.2 cm³/mol. The molecule has 0 aliphatic rings. The van der Waals surface area contributed by atoms with Gasteiger partial charge < -0.3 is 4.74 Å². The molecule has 0 amide bonds. The topological polar surface area (TPSA) is 47.3 Å². The van der Waals surface area contributed by atoms with Crippen LogP contribution in [0.3, 0.4) is 0 Å². The molecule has 1 unspecified atom stereocenters. The molecule has 0 radical (unpaired) electrons. The Hall–Kier alpha value is -1.33. The minimum absolute atomic E-state index is 0.377. The zero-order chi connectivity index (χ0) is 15.4. The molecule has 0 aromatic heterocycles. The number of halogens is 3. The number of hydrogen-bond donors (Lipinski definition) is 2. The van der Waals surface area contributed by atoms with Crippen molar-refractivity contribution >= 4 is 23.2 Å². The van der Waals surface area contributed by atoms with E-state index in [1.807, 2.05) is 6.07 Å². The van der Waals surface area contributed by atoms with Gasteiger partial charge in [0, 0.05) is 5.56 Å². The van der Waals surface area contributed by atoms with E-state index in [1.165, 1.54) is 13.2 Å². The van der Waals surface area contributed by atoms with Crippen LogP contribution in [0.2, 0.25) is 10.0 Å². The molecule has 0 saturated heterocycles. The highest BCUT2D eigenvalue weighted by atomic mass is 35.5. The number of ether oxygens (including phenoxy) is 1. The Morgan fingerprint density at radius 3 is 2.62 bits per heavy atom. The molecule has 2 aromatic carbocycles. The second-order valence-corrected chi connectivity index (χ2v) is 5.34. The van der Waals surface area contributed by atoms with Gasteiger partial charge in [-0.25, -0.2) is 4.39 Å². The lowest BCUT2D eigenvalue weighted by Gasteiger charge is -2.20. The average molecular weight is 329 g/mol. The first-order chi connectivity index (χ1) is 10.1. The summed E-state index contributed by atoms with van der Waals surface area (Å²) in [4.78, 5) is 0. The number of nitrogens with two attached hydrogens (primary N) is 1. The summed E-state index contributed by atoms with van der Waals surface area (Å²) in [6, 6.07) is 9.47. The summed E-state index contributed by atoms with van der Waals surface area (Å²) in [6.45, 7) is 0. The molecule has 0 fully saturated rings. The predicted octanol–water partition coefficient (Wildman–Crippen LogP) is 3.89. The molecule has 112 valence electrons. The van der Waals surface area contributed by atoms with E-state index in [0.29, 0.717) is 27.8 Å². The molecule has 0 spiro atoms. The molecule has 0 aliphatic carbocycles. The normalized spacial score (nSPS) is 12.2. The number of benzene rings is 2. The minimum atomic E-state index is -0.446. The second kappa shape index (κ2) is 7.09. The fourth-order valence-electron chi connectivity index (χ4n) is 2.18. The van der Waals surface area contributed by atoms with Gasteiger partial charge in [-0.1, -0.05) is 35.3 Å². The minimum Gasteiger partial charge on any atom is -0.496 e. The van der Waals surface area contributed by atoms with Gasteiger partial charge in [0.05, 0.1) is 23.2 Å². The van der Waals surface area contributed by atoms with Crippen molar-refractivity contribution in [1.82, 2.24) is 5.43 Å². The van der Waals surface area contributed by atoms with Gasteiger partial charge in [0.2, 0.25) is 0 Å². The Labute approximate surface area is 132 Å². The summed E-state index contributed by atoms with van der Waals surface area (Å²) < 4.78 is 19.3. The van der Waals surface area contributed by atoms with Crippen LogP contribution < -0.4 is 16.0 Å². The van der Waals surface area contributed by atoms with Gasteiger partial charge in [0.1, 0.15) is 11.6 Å². The van der Waals surface area contributed by atoms with Crippen molar-refractivity contribution in [3.63, 3.8) is 0 Å². The molecule has 21 heavy (non-hydrogen) atoms. The summed E-state index contributed by atoms with van der Waals surface area (Å²) in [6.07, 6.45) is 0.449. The Balaban J connectivity index is 2.34. The first-order valence-corrected chi connectivity index (χ1v) is 7.05. The Kier molecular flexibility index (Phi) is 5.42. The summed E-state index contributed by atoms with van der Waals surface area (Å²) in [5, 5.41) is 0.923. The van der Waals surface area contributed by atoms with Crippen molar-refractivity contribution in [3.05, 3.63) is 63.4 Å². The number of hydrogen-bond acceptors (Lipinski definition) is 3. The third-order valence-corrected chi connectivity index (χ3v) is 3.95. The molecule has 2 rings (SSSR count). The smallest absolute Gasteiger partial charge is 0.131 e. The van der Waals surface area contributed by atoms with Crippen LogP contribution in [0.1, 0.15) is 17.2 Å². The van der Waals surface area contributed by atoms with E-state index in [4.69, 9.17) is 33.8 Å². The quantitative estimate of drug-likeness (QED) is 0.646. The lowest BCUT2D eigenvalue weighted by molar-refractivity contribution is 0.390. The van der Waals surface area contributed by atoms with Crippen LogP contribution in [-0.4, -0.2) is 7.11 Å². The van der Waals surface area contributed by atoms with Crippen LogP contribution in [-0.2, 0) is 6.42 Å². The number of hydrazine groups is 1. The maximum atomic E-state index is 14.1. The molecular formula is C15H15Cl2FN2O. The molecule has 6 heteroatoms. The average Bonchev–Trinajstić information content (AvgIpc) is 2.48. The zero-order valence-electron chi connectivity index (χ0n) is 11.4. The number of methoxy groups -OCH3 is 1. The molecular weight excluding hydrogens is 314 g/mol. The van der Waals surface area contributed by atoms with Crippen LogP contribution in [0.5, 0.6) is 5.75 Å². The van der Waals surface area contributed by atoms with Crippen LogP contribution >= 0.6 is 23.2 Å². The van der Waals surface area contributed by atoms with Gasteiger partial charge in [-0.2, -0.15) is 0 Å². The van der Waals surface area contributed by atoms with Crippen molar-refractivity contribution in [2.75, 3.05) is 7.11 Å². The van der Waals surface area contributed by atoms with Gasteiger partial charge >= 0.3 is 0 Å². The molecule has 0 heterocycles. The maximum Gasteiger partial charge on any atom is 0.131 e. The fourth-order valence-corrected chi connectivity index (χ4v) is 2.50. The molecule has 3 nitrogen and oxygen atoms in total. The molecule has 0 saturated carbocycles. The Morgan fingerprint density at radius 2 is 2.00 bits per heavy atom. The Morgan fingerprint density at radius 1 is 1.24 bits per heavy atom. The van der Waals surface area contributed by atoms with Gasteiger partial charge in [-0.05, 0) is 36.2 Å². The van der Waals surface area contributed by atoms with Crippen molar-refractivity contribution in [2.24, 2.45) is 5.84 Å². The first kappa shape index (κ1) is 16.0. The highest BCUT2D eigenvalue weighted by Crippen LogP contribution is 2.31. The van der Waals surface area contributed by atoms with Crippen LogP contribution in [0, 0.1) is 5.82 Å². The lowest BCUT2D eigenvalue weighted by atomic mass is 9.98. The van der Waals surface area contributed by atoms with Gasteiger partial charge in [-0.3, -0.25) is 11.3 Å². The van der Waals surface area contributed by atoms with Crippen LogP contribution in [0.25, 0.3) is 0 Å². The van der Waals surface area contributed by atoms with Gasteiger partial charge in [0.15, 0.2) is 0 Å². The lowest BCUT2D eigenvalue weighted by Crippen LogP contribution is -2.30.